The van der Waals surface area contributed by atoms with Crippen molar-refractivity contribution < 1.29 is 0 Å². The van der Waals surface area contributed by atoms with E-state index in [0.717, 1.165) is 4.47 Å². The van der Waals surface area contributed by atoms with Crippen molar-refractivity contribution in [2.75, 3.05) is 0 Å². The minimum absolute atomic E-state index is 0.101. The Hall–Kier alpha value is -0.340. The number of benzene rings is 1. The number of hydrogen-bond acceptors (Lipinski definition) is 1. The Morgan fingerprint density at radius 2 is 2.09 bits per heavy atom. The second-order valence-electron chi connectivity index (χ2n) is 2.77. The SMILES string of the molecule is Cc1cccc([C@H](C)N)c1Br. The molecule has 0 aromatic heterocycles. The Morgan fingerprint density at radius 1 is 1.45 bits per heavy atom. The summed E-state index contributed by atoms with van der Waals surface area (Å²) in [5, 5.41) is 0. The van der Waals surface area contributed by atoms with E-state index in [1.54, 1.807) is 0 Å². The molecule has 0 saturated heterocycles. The minimum Gasteiger partial charge on any atom is -0.324 e. The normalized spacial score (nSPS) is 13.1. The van der Waals surface area contributed by atoms with Crippen LogP contribution < -0.4 is 5.73 Å². The van der Waals surface area contributed by atoms with Crippen LogP contribution in [0.3, 0.4) is 0 Å². The van der Waals surface area contributed by atoms with E-state index in [4.69, 9.17) is 5.73 Å². The first-order chi connectivity index (χ1) is 5.13. The van der Waals surface area contributed by atoms with Crippen LogP contribution in [0.5, 0.6) is 0 Å². The van der Waals surface area contributed by atoms with Gasteiger partial charge in [0.2, 0.25) is 0 Å². The van der Waals surface area contributed by atoms with Gasteiger partial charge in [-0.1, -0.05) is 34.1 Å². The fourth-order valence-electron chi connectivity index (χ4n) is 1.02. The monoisotopic (exact) mass is 213 g/mol. The Bertz CT molecular complexity index is 256. The highest BCUT2D eigenvalue weighted by atomic mass is 79.9. The second-order valence-corrected chi connectivity index (χ2v) is 3.56. The van der Waals surface area contributed by atoms with Crippen molar-refractivity contribution in [3.8, 4) is 0 Å². The van der Waals surface area contributed by atoms with Gasteiger partial charge in [-0.2, -0.15) is 0 Å². The highest BCUT2D eigenvalue weighted by Gasteiger charge is 2.04. The van der Waals surface area contributed by atoms with E-state index < -0.39 is 0 Å². The summed E-state index contributed by atoms with van der Waals surface area (Å²) in [5.74, 6) is 0. The predicted octanol–water partition coefficient (Wildman–Crippen LogP) is 2.78. The smallest absolute Gasteiger partial charge is 0.0277 e. The molecule has 1 nitrogen and oxygen atoms in total. The maximum atomic E-state index is 5.75. The van der Waals surface area contributed by atoms with Crippen molar-refractivity contribution in [3.05, 3.63) is 33.8 Å². The van der Waals surface area contributed by atoms with Crippen LogP contribution in [0.1, 0.15) is 24.1 Å². The third-order valence-corrected chi connectivity index (χ3v) is 2.80. The number of halogens is 1. The van der Waals surface area contributed by atoms with Crippen LogP contribution >= 0.6 is 15.9 Å². The third kappa shape index (κ3) is 1.82. The molecule has 1 aromatic carbocycles. The Morgan fingerprint density at radius 3 is 2.55 bits per heavy atom. The fraction of sp³-hybridized carbons (Fsp3) is 0.333. The molecule has 2 N–H and O–H groups in total. The molecule has 0 radical (unpaired) electrons. The van der Waals surface area contributed by atoms with Gasteiger partial charge in [-0.15, -0.1) is 0 Å². The fourth-order valence-corrected chi connectivity index (χ4v) is 1.65. The lowest BCUT2D eigenvalue weighted by Gasteiger charge is -2.09. The maximum absolute atomic E-state index is 5.75. The van der Waals surface area contributed by atoms with E-state index in [1.807, 2.05) is 19.1 Å². The van der Waals surface area contributed by atoms with E-state index in [9.17, 15) is 0 Å². The molecule has 0 aliphatic heterocycles. The molecule has 60 valence electrons. The second kappa shape index (κ2) is 3.37. The van der Waals surface area contributed by atoms with E-state index in [-0.39, 0.29) is 6.04 Å². The van der Waals surface area contributed by atoms with Gasteiger partial charge in [0.05, 0.1) is 0 Å². The minimum atomic E-state index is 0.101. The zero-order valence-electron chi connectivity index (χ0n) is 6.76. The van der Waals surface area contributed by atoms with Crippen LogP contribution in [0.4, 0.5) is 0 Å². The van der Waals surface area contributed by atoms with Crippen molar-refractivity contribution in [1.29, 1.82) is 0 Å². The van der Waals surface area contributed by atoms with E-state index in [1.165, 1.54) is 11.1 Å². The van der Waals surface area contributed by atoms with E-state index in [2.05, 4.69) is 28.9 Å². The van der Waals surface area contributed by atoms with Crippen molar-refractivity contribution >= 4 is 15.9 Å². The summed E-state index contributed by atoms with van der Waals surface area (Å²) >= 11 is 3.50. The van der Waals surface area contributed by atoms with Crippen LogP contribution in [-0.2, 0) is 0 Å². The molecule has 0 saturated carbocycles. The highest BCUT2D eigenvalue weighted by Crippen LogP contribution is 2.24. The number of aryl methyl sites for hydroxylation is 1. The van der Waals surface area contributed by atoms with E-state index >= 15 is 0 Å². The average Bonchev–Trinajstić information content (AvgIpc) is 1.94. The largest absolute Gasteiger partial charge is 0.324 e. The summed E-state index contributed by atoms with van der Waals surface area (Å²) in [6.07, 6.45) is 0. The zero-order valence-corrected chi connectivity index (χ0v) is 8.35. The average molecular weight is 214 g/mol. The summed E-state index contributed by atoms with van der Waals surface area (Å²) < 4.78 is 1.13. The highest BCUT2D eigenvalue weighted by molar-refractivity contribution is 9.10. The Balaban J connectivity index is 3.17. The molecule has 1 aromatic rings. The molecule has 1 rings (SSSR count). The van der Waals surface area contributed by atoms with Crippen LogP contribution in [0, 0.1) is 6.92 Å². The van der Waals surface area contributed by atoms with Crippen molar-refractivity contribution in [2.45, 2.75) is 19.9 Å². The van der Waals surface area contributed by atoms with Gasteiger partial charge in [-0.05, 0) is 25.0 Å². The molecule has 0 unspecified atom stereocenters. The van der Waals surface area contributed by atoms with Gasteiger partial charge in [0.25, 0.3) is 0 Å². The van der Waals surface area contributed by atoms with E-state index in [0.29, 0.717) is 0 Å². The molecule has 0 fully saturated rings. The molecule has 0 amide bonds. The molecule has 0 aliphatic rings. The molecule has 0 heterocycles. The van der Waals surface area contributed by atoms with Gasteiger partial charge < -0.3 is 5.73 Å². The van der Waals surface area contributed by atoms with Crippen LogP contribution in [0.25, 0.3) is 0 Å². The zero-order chi connectivity index (χ0) is 8.43. The molecule has 0 aliphatic carbocycles. The summed E-state index contributed by atoms with van der Waals surface area (Å²) in [4.78, 5) is 0. The number of hydrogen-bond donors (Lipinski definition) is 1. The molecular weight excluding hydrogens is 202 g/mol. The Labute approximate surface area is 75.7 Å². The Kier molecular flexibility index (Phi) is 2.68. The lowest BCUT2D eigenvalue weighted by Crippen LogP contribution is -2.05. The summed E-state index contributed by atoms with van der Waals surface area (Å²) in [6, 6.07) is 6.24. The van der Waals surface area contributed by atoms with Crippen molar-refractivity contribution in [1.82, 2.24) is 0 Å². The standard InChI is InChI=1S/C9H12BrN/c1-6-4-3-5-8(7(2)11)9(6)10/h3-5,7H,11H2,1-2H3/t7-/m0/s1. The van der Waals surface area contributed by atoms with Crippen molar-refractivity contribution in [2.24, 2.45) is 5.73 Å². The molecule has 0 bridgehead atoms. The quantitative estimate of drug-likeness (QED) is 0.764. The first-order valence-electron chi connectivity index (χ1n) is 3.63. The van der Waals surface area contributed by atoms with Crippen LogP contribution in [-0.4, -0.2) is 0 Å². The molecular formula is C9H12BrN. The van der Waals surface area contributed by atoms with Crippen LogP contribution in [0.15, 0.2) is 22.7 Å². The summed E-state index contributed by atoms with van der Waals surface area (Å²) in [7, 11) is 0. The summed E-state index contributed by atoms with van der Waals surface area (Å²) in [5.41, 5.74) is 8.16. The first kappa shape index (κ1) is 8.75. The van der Waals surface area contributed by atoms with Gasteiger partial charge in [0.15, 0.2) is 0 Å². The maximum Gasteiger partial charge on any atom is 0.0277 e. The van der Waals surface area contributed by atoms with Gasteiger partial charge >= 0.3 is 0 Å². The van der Waals surface area contributed by atoms with Crippen molar-refractivity contribution in [3.63, 3.8) is 0 Å². The van der Waals surface area contributed by atoms with Gasteiger partial charge in [-0.25, -0.2) is 0 Å². The van der Waals surface area contributed by atoms with Gasteiger partial charge in [0, 0.05) is 10.5 Å². The first-order valence-corrected chi connectivity index (χ1v) is 4.43. The molecule has 11 heavy (non-hydrogen) atoms. The number of rotatable bonds is 1. The predicted molar refractivity (Wildman–Crippen MR) is 51.5 cm³/mol. The molecule has 1 atom stereocenters. The molecule has 0 spiro atoms. The van der Waals surface area contributed by atoms with Gasteiger partial charge in [0.1, 0.15) is 0 Å². The lowest BCUT2D eigenvalue weighted by molar-refractivity contribution is 0.811. The van der Waals surface area contributed by atoms with Gasteiger partial charge in [-0.3, -0.25) is 0 Å². The topological polar surface area (TPSA) is 26.0 Å². The third-order valence-electron chi connectivity index (χ3n) is 1.71. The lowest BCUT2D eigenvalue weighted by atomic mass is 10.1. The molecule has 2 heteroatoms. The number of nitrogens with two attached hydrogens (primary N) is 1. The summed E-state index contributed by atoms with van der Waals surface area (Å²) in [6.45, 7) is 4.05. The van der Waals surface area contributed by atoms with Crippen LogP contribution in [0.2, 0.25) is 0 Å².